The fourth-order valence-electron chi connectivity index (χ4n) is 2.44. The molecule has 0 saturated carbocycles. The smallest absolute Gasteiger partial charge is 0.123 e. The first kappa shape index (κ1) is 18.6. The van der Waals surface area contributed by atoms with E-state index in [2.05, 4.69) is 78.5 Å². The third-order valence-electron chi connectivity index (χ3n) is 4.03. The van der Waals surface area contributed by atoms with Gasteiger partial charge in [0, 0.05) is 5.92 Å². The number of hydrogen-bond acceptors (Lipinski definition) is 1. The van der Waals surface area contributed by atoms with Gasteiger partial charge in [-0.15, -0.1) is 5.92 Å². The predicted octanol–water partition coefficient (Wildman–Crippen LogP) is 5.78. The molecule has 1 rings (SSSR count). The van der Waals surface area contributed by atoms with E-state index in [-0.39, 0.29) is 5.41 Å². The summed E-state index contributed by atoms with van der Waals surface area (Å²) in [5, 5.41) is 0. The van der Waals surface area contributed by atoms with Crippen molar-refractivity contribution >= 4 is 0 Å². The van der Waals surface area contributed by atoms with Crippen LogP contribution in [0.2, 0.25) is 0 Å². The monoisotopic (exact) mass is 300 g/mol. The summed E-state index contributed by atoms with van der Waals surface area (Å²) in [6.07, 6.45) is 0. The Morgan fingerprint density at radius 2 is 1.73 bits per heavy atom. The summed E-state index contributed by atoms with van der Waals surface area (Å²) < 4.78 is 6.04. The molecule has 0 aliphatic heterocycles. The lowest BCUT2D eigenvalue weighted by atomic mass is 9.82. The van der Waals surface area contributed by atoms with Gasteiger partial charge in [0.25, 0.3) is 0 Å². The second-order valence-electron chi connectivity index (χ2n) is 7.68. The Bertz CT molecular complexity index is 537. The molecule has 1 aromatic rings. The number of hydrogen-bond donors (Lipinski definition) is 0. The molecular weight excluding hydrogens is 268 g/mol. The highest BCUT2D eigenvalue weighted by Crippen LogP contribution is 2.35. The summed E-state index contributed by atoms with van der Waals surface area (Å²) in [6, 6.07) is 6.65. The van der Waals surface area contributed by atoms with E-state index in [9.17, 15) is 0 Å². The van der Waals surface area contributed by atoms with Crippen molar-refractivity contribution in [3.63, 3.8) is 0 Å². The van der Waals surface area contributed by atoms with Crippen molar-refractivity contribution in [2.45, 2.75) is 66.7 Å². The molecule has 0 aliphatic rings. The average Bonchev–Trinajstić information content (AvgIpc) is 2.43. The standard InChI is InChI=1S/C21H32O/c1-9-10-16(4)17(5)18-11-12-20(22-14-15(2)3)19(13-18)21(6,7)8/h11-13,15-17H,14H2,1-8H3. The third-order valence-corrected chi connectivity index (χ3v) is 4.03. The van der Waals surface area contributed by atoms with Gasteiger partial charge in [0.1, 0.15) is 5.75 Å². The van der Waals surface area contributed by atoms with Gasteiger partial charge < -0.3 is 4.74 Å². The van der Waals surface area contributed by atoms with Crippen LogP contribution in [0.25, 0.3) is 0 Å². The van der Waals surface area contributed by atoms with Gasteiger partial charge in [0.15, 0.2) is 0 Å². The van der Waals surface area contributed by atoms with Gasteiger partial charge in [0.2, 0.25) is 0 Å². The van der Waals surface area contributed by atoms with E-state index >= 15 is 0 Å². The first-order valence-corrected chi connectivity index (χ1v) is 8.36. The molecule has 0 saturated heterocycles. The Hall–Kier alpha value is -1.42. The minimum atomic E-state index is 0.0711. The highest BCUT2D eigenvalue weighted by atomic mass is 16.5. The van der Waals surface area contributed by atoms with E-state index in [1.807, 2.05) is 6.92 Å². The van der Waals surface area contributed by atoms with Crippen LogP contribution in [0.15, 0.2) is 18.2 Å². The molecule has 0 N–H and O–H groups in total. The summed E-state index contributed by atoms with van der Waals surface area (Å²) in [5.74, 6) is 8.65. The minimum Gasteiger partial charge on any atom is -0.493 e. The predicted molar refractivity (Wildman–Crippen MR) is 96.5 cm³/mol. The van der Waals surface area contributed by atoms with E-state index in [1.54, 1.807) is 0 Å². The zero-order valence-corrected chi connectivity index (χ0v) is 15.6. The van der Waals surface area contributed by atoms with Crippen LogP contribution in [0, 0.1) is 23.7 Å². The molecule has 0 amide bonds. The molecule has 0 aromatic heterocycles. The van der Waals surface area contributed by atoms with E-state index in [1.165, 1.54) is 11.1 Å². The first-order valence-electron chi connectivity index (χ1n) is 8.36. The van der Waals surface area contributed by atoms with E-state index < -0.39 is 0 Å². The summed E-state index contributed by atoms with van der Waals surface area (Å²) in [7, 11) is 0. The molecule has 1 nitrogen and oxygen atoms in total. The second-order valence-corrected chi connectivity index (χ2v) is 7.68. The Kier molecular flexibility index (Phi) is 6.54. The van der Waals surface area contributed by atoms with Gasteiger partial charge in [-0.3, -0.25) is 0 Å². The summed E-state index contributed by atoms with van der Waals surface area (Å²) >= 11 is 0. The Labute approximate surface area is 137 Å². The van der Waals surface area contributed by atoms with Gasteiger partial charge in [-0.2, -0.15) is 0 Å². The van der Waals surface area contributed by atoms with Crippen LogP contribution in [-0.4, -0.2) is 6.61 Å². The molecule has 1 heteroatoms. The third kappa shape index (κ3) is 5.09. The fraction of sp³-hybridized carbons (Fsp3) is 0.619. The summed E-state index contributed by atoms with van der Waals surface area (Å²) in [6.45, 7) is 18.2. The topological polar surface area (TPSA) is 9.23 Å². The lowest BCUT2D eigenvalue weighted by Crippen LogP contribution is -2.16. The molecule has 2 atom stereocenters. The van der Waals surface area contributed by atoms with Gasteiger partial charge in [0.05, 0.1) is 6.61 Å². The first-order chi connectivity index (χ1) is 10.2. The van der Waals surface area contributed by atoms with E-state index in [0.717, 1.165) is 12.4 Å². The molecule has 2 unspecified atom stereocenters. The zero-order valence-electron chi connectivity index (χ0n) is 15.6. The van der Waals surface area contributed by atoms with Crippen molar-refractivity contribution in [2.75, 3.05) is 6.61 Å². The van der Waals surface area contributed by atoms with E-state index in [0.29, 0.717) is 17.8 Å². The summed E-state index contributed by atoms with van der Waals surface area (Å²) in [5.41, 5.74) is 2.70. The molecule has 0 fully saturated rings. The van der Waals surface area contributed by atoms with Crippen LogP contribution in [0.3, 0.4) is 0 Å². The van der Waals surface area contributed by atoms with Crippen LogP contribution in [0.4, 0.5) is 0 Å². The lowest BCUT2D eigenvalue weighted by Gasteiger charge is -2.26. The molecular formula is C21H32O. The van der Waals surface area contributed by atoms with Crippen LogP contribution in [0.1, 0.15) is 72.4 Å². The average molecular weight is 300 g/mol. The fourth-order valence-corrected chi connectivity index (χ4v) is 2.44. The Morgan fingerprint density at radius 1 is 1.09 bits per heavy atom. The van der Waals surface area contributed by atoms with Crippen LogP contribution in [-0.2, 0) is 5.41 Å². The second kappa shape index (κ2) is 7.73. The SMILES string of the molecule is CC#CC(C)C(C)c1ccc(OCC(C)C)c(C(C)(C)C)c1. The molecule has 122 valence electrons. The number of rotatable bonds is 5. The Morgan fingerprint density at radius 3 is 2.23 bits per heavy atom. The van der Waals surface area contributed by atoms with Gasteiger partial charge >= 0.3 is 0 Å². The van der Waals surface area contributed by atoms with Crippen molar-refractivity contribution in [3.8, 4) is 17.6 Å². The molecule has 0 spiro atoms. The molecule has 0 bridgehead atoms. The summed E-state index contributed by atoms with van der Waals surface area (Å²) in [4.78, 5) is 0. The van der Waals surface area contributed by atoms with Crippen LogP contribution >= 0.6 is 0 Å². The zero-order chi connectivity index (χ0) is 16.9. The molecule has 22 heavy (non-hydrogen) atoms. The quantitative estimate of drug-likeness (QED) is 0.626. The van der Waals surface area contributed by atoms with Crippen molar-refractivity contribution in [1.82, 2.24) is 0 Å². The maximum absolute atomic E-state index is 6.04. The molecule has 0 radical (unpaired) electrons. The highest BCUT2D eigenvalue weighted by molar-refractivity contribution is 5.43. The van der Waals surface area contributed by atoms with Gasteiger partial charge in [-0.05, 0) is 41.4 Å². The number of benzene rings is 1. The van der Waals surface area contributed by atoms with Gasteiger partial charge in [-0.1, -0.05) is 66.5 Å². The largest absolute Gasteiger partial charge is 0.493 e. The molecule has 0 heterocycles. The molecule has 0 aliphatic carbocycles. The van der Waals surface area contributed by atoms with Crippen molar-refractivity contribution in [1.29, 1.82) is 0 Å². The highest BCUT2D eigenvalue weighted by Gasteiger charge is 2.22. The van der Waals surface area contributed by atoms with Crippen molar-refractivity contribution in [3.05, 3.63) is 29.3 Å². The maximum atomic E-state index is 6.04. The Balaban J connectivity index is 3.16. The molecule has 1 aromatic carbocycles. The normalized spacial score (nSPS) is 14.2. The van der Waals surface area contributed by atoms with Crippen LogP contribution in [0.5, 0.6) is 5.75 Å². The van der Waals surface area contributed by atoms with Crippen molar-refractivity contribution in [2.24, 2.45) is 11.8 Å². The van der Waals surface area contributed by atoms with Crippen LogP contribution < -0.4 is 4.74 Å². The van der Waals surface area contributed by atoms with Gasteiger partial charge in [-0.25, -0.2) is 0 Å². The lowest BCUT2D eigenvalue weighted by molar-refractivity contribution is 0.264. The maximum Gasteiger partial charge on any atom is 0.123 e. The number of ether oxygens (including phenoxy) is 1. The van der Waals surface area contributed by atoms with E-state index in [4.69, 9.17) is 4.74 Å². The van der Waals surface area contributed by atoms with Crippen molar-refractivity contribution < 1.29 is 4.74 Å². The minimum absolute atomic E-state index is 0.0711.